The molecule has 0 fully saturated rings. The smallest absolute Gasteiger partial charge is 0.141 e. The molecule has 2 aromatic heterocycles. The van der Waals surface area contributed by atoms with Crippen molar-refractivity contribution in [1.82, 2.24) is 19.9 Å². The lowest BCUT2D eigenvalue weighted by atomic mass is 9.93. The van der Waals surface area contributed by atoms with Gasteiger partial charge in [0, 0.05) is 30.6 Å². The van der Waals surface area contributed by atoms with Gasteiger partial charge >= 0.3 is 0 Å². The van der Waals surface area contributed by atoms with Crippen molar-refractivity contribution in [1.29, 1.82) is 0 Å². The number of pyridine rings is 1. The molecule has 124 valence electrons. The maximum absolute atomic E-state index is 10.1. The summed E-state index contributed by atoms with van der Waals surface area (Å²) in [5, 5.41) is 11.0. The zero-order chi connectivity index (χ0) is 16.7. The van der Waals surface area contributed by atoms with Crippen molar-refractivity contribution in [2.24, 2.45) is 5.92 Å². The standard InChI is InChI=1S/C19H22N4O/c1-12(2)19-18-15(20-11-21-18)8-9-23(19)10-14-7-6-13-4-3-5-16(24)17(13)22-14/h3-7,11-12,19,24H,8-10H2,1-2H3,(H,20,21). The Kier molecular flexibility index (Phi) is 3.73. The average Bonchev–Trinajstić information content (AvgIpc) is 3.03. The summed E-state index contributed by atoms with van der Waals surface area (Å²) in [5.41, 5.74) is 4.08. The highest BCUT2D eigenvalue weighted by molar-refractivity contribution is 5.84. The Balaban J connectivity index is 1.66. The molecule has 0 radical (unpaired) electrons. The number of fused-ring (bicyclic) bond motifs is 2. The van der Waals surface area contributed by atoms with Crippen molar-refractivity contribution in [2.45, 2.75) is 32.9 Å². The number of phenolic OH excluding ortho intramolecular Hbond substituents is 1. The van der Waals surface area contributed by atoms with Crippen molar-refractivity contribution < 1.29 is 5.11 Å². The lowest BCUT2D eigenvalue weighted by Gasteiger charge is -2.37. The summed E-state index contributed by atoms with van der Waals surface area (Å²) in [6.45, 7) is 6.22. The first-order chi connectivity index (χ1) is 11.6. The van der Waals surface area contributed by atoms with Crippen LogP contribution in [0.2, 0.25) is 0 Å². The van der Waals surface area contributed by atoms with Crippen LogP contribution in [0.25, 0.3) is 10.9 Å². The number of hydrogen-bond acceptors (Lipinski definition) is 4. The summed E-state index contributed by atoms with van der Waals surface area (Å²) in [7, 11) is 0. The fraction of sp³-hybridized carbons (Fsp3) is 0.368. The summed E-state index contributed by atoms with van der Waals surface area (Å²) < 4.78 is 0. The molecule has 0 amide bonds. The molecule has 0 aliphatic carbocycles. The molecule has 0 saturated carbocycles. The number of aromatic amines is 1. The minimum absolute atomic E-state index is 0.239. The van der Waals surface area contributed by atoms with Gasteiger partial charge in [-0.2, -0.15) is 0 Å². The highest BCUT2D eigenvalue weighted by Crippen LogP contribution is 2.34. The zero-order valence-electron chi connectivity index (χ0n) is 14.0. The molecule has 3 aromatic rings. The Morgan fingerprint density at radius 1 is 1.29 bits per heavy atom. The van der Waals surface area contributed by atoms with Crippen molar-refractivity contribution in [3.63, 3.8) is 0 Å². The van der Waals surface area contributed by atoms with Crippen LogP contribution in [0, 0.1) is 5.92 Å². The van der Waals surface area contributed by atoms with Crippen LogP contribution in [-0.2, 0) is 13.0 Å². The Labute approximate surface area is 141 Å². The molecule has 5 nitrogen and oxygen atoms in total. The molecule has 2 N–H and O–H groups in total. The van der Waals surface area contributed by atoms with E-state index in [1.54, 1.807) is 12.4 Å². The lowest BCUT2D eigenvalue weighted by Crippen LogP contribution is -2.38. The zero-order valence-corrected chi connectivity index (χ0v) is 14.0. The van der Waals surface area contributed by atoms with E-state index in [0.29, 0.717) is 17.5 Å². The van der Waals surface area contributed by atoms with Crippen molar-refractivity contribution in [3.8, 4) is 5.75 Å². The van der Waals surface area contributed by atoms with Crippen molar-refractivity contribution in [3.05, 3.63) is 53.7 Å². The second-order valence-corrected chi connectivity index (χ2v) is 6.83. The number of hydrogen-bond donors (Lipinski definition) is 2. The molecule has 3 heterocycles. The van der Waals surface area contributed by atoms with Gasteiger partial charge in [0.15, 0.2) is 0 Å². The highest BCUT2D eigenvalue weighted by atomic mass is 16.3. The monoisotopic (exact) mass is 322 g/mol. The average molecular weight is 322 g/mol. The third kappa shape index (κ3) is 2.55. The van der Waals surface area contributed by atoms with Crippen LogP contribution in [0.3, 0.4) is 0 Å². The van der Waals surface area contributed by atoms with Crippen LogP contribution in [0.15, 0.2) is 36.7 Å². The second kappa shape index (κ2) is 5.91. The van der Waals surface area contributed by atoms with Crippen LogP contribution in [0.4, 0.5) is 0 Å². The SMILES string of the molecule is CC(C)C1c2nc[nH]c2CCN1Cc1ccc2cccc(O)c2n1. The van der Waals surface area contributed by atoms with Gasteiger partial charge in [-0.05, 0) is 18.1 Å². The first kappa shape index (κ1) is 15.1. The molecule has 1 atom stereocenters. The topological polar surface area (TPSA) is 65.0 Å². The quantitative estimate of drug-likeness (QED) is 0.775. The minimum Gasteiger partial charge on any atom is -0.506 e. The molecule has 24 heavy (non-hydrogen) atoms. The summed E-state index contributed by atoms with van der Waals surface area (Å²) >= 11 is 0. The fourth-order valence-corrected chi connectivity index (χ4v) is 3.74. The number of imidazole rings is 1. The Hall–Kier alpha value is -2.40. The van der Waals surface area contributed by atoms with Gasteiger partial charge in [-0.1, -0.05) is 32.0 Å². The summed E-state index contributed by atoms with van der Waals surface area (Å²) in [6, 6.07) is 9.89. The van der Waals surface area contributed by atoms with E-state index in [2.05, 4.69) is 39.8 Å². The molecule has 1 aliphatic rings. The molecule has 4 rings (SSSR count). The minimum atomic E-state index is 0.239. The van der Waals surface area contributed by atoms with Crippen LogP contribution in [0.5, 0.6) is 5.75 Å². The Morgan fingerprint density at radius 3 is 3.00 bits per heavy atom. The Bertz CT molecular complexity index is 871. The predicted octanol–water partition coefficient (Wildman–Crippen LogP) is 3.42. The van der Waals surface area contributed by atoms with E-state index in [1.807, 2.05) is 18.2 Å². The number of para-hydroxylation sites is 1. The number of aromatic nitrogens is 3. The molecular weight excluding hydrogens is 300 g/mol. The number of phenols is 1. The molecule has 5 heteroatoms. The lowest BCUT2D eigenvalue weighted by molar-refractivity contribution is 0.130. The van der Waals surface area contributed by atoms with E-state index in [9.17, 15) is 5.11 Å². The van der Waals surface area contributed by atoms with E-state index in [-0.39, 0.29) is 5.75 Å². The number of aromatic hydroxyl groups is 1. The first-order valence-electron chi connectivity index (χ1n) is 8.47. The third-order valence-corrected chi connectivity index (χ3v) is 4.83. The van der Waals surface area contributed by atoms with Crippen LogP contribution >= 0.6 is 0 Å². The van der Waals surface area contributed by atoms with Crippen molar-refractivity contribution in [2.75, 3.05) is 6.54 Å². The van der Waals surface area contributed by atoms with Crippen LogP contribution in [-0.4, -0.2) is 31.5 Å². The Morgan fingerprint density at radius 2 is 2.17 bits per heavy atom. The van der Waals surface area contributed by atoms with E-state index in [0.717, 1.165) is 30.6 Å². The molecule has 0 spiro atoms. The van der Waals surface area contributed by atoms with Gasteiger partial charge in [-0.15, -0.1) is 0 Å². The third-order valence-electron chi connectivity index (χ3n) is 4.83. The van der Waals surface area contributed by atoms with E-state index >= 15 is 0 Å². The molecular formula is C19H22N4O. The number of benzene rings is 1. The van der Waals surface area contributed by atoms with E-state index in [4.69, 9.17) is 0 Å². The molecule has 1 unspecified atom stereocenters. The van der Waals surface area contributed by atoms with Gasteiger partial charge in [0.25, 0.3) is 0 Å². The molecule has 1 aromatic carbocycles. The normalized spacial score (nSPS) is 18.2. The maximum atomic E-state index is 10.1. The van der Waals surface area contributed by atoms with Gasteiger partial charge < -0.3 is 10.1 Å². The summed E-state index contributed by atoms with van der Waals surface area (Å²) in [5.74, 6) is 0.712. The second-order valence-electron chi connectivity index (χ2n) is 6.83. The van der Waals surface area contributed by atoms with Gasteiger partial charge in [0.1, 0.15) is 11.3 Å². The number of nitrogens with zero attached hydrogens (tertiary/aromatic N) is 3. The highest BCUT2D eigenvalue weighted by Gasteiger charge is 2.31. The number of H-pyrrole nitrogens is 1. The number of nitrogens with one attached hydrogen (secondary N) is 1. The molecule has 0 bridgehead atoms. The van der Waals surface area contributed by atoms with Crippen LogP contribution < -0.4 is 0 Å². The van der Waals surface area contributed by atoms with Crippen LogP contribution in [0.1, 0.15) is 37.0 Å². The summed E-state index contributed by atoms with van der Waals surface area (Å²) in [4.78, 5) is 15.0. The molecule has 1 aliphatic heterocycles. The maximum Gasteiger partial charge on any atom is 0.141 e. The predicted molar refractivity (Wildman–Crippen MR) is 93.7 cm³/mol. The van der Waals surface area contributed by atoms with E-state index < -0.39 is 0 Å². The molecule has 0 saturated heterocycles. The van der Waals surface area contributed by atoms with Crippen molar-refractivity contribution >= 4 is 10.9 Å². The number of rotatable bonds is 3. The van der Waals surface area contributed by atoms with Gasteiger partial charge in [0.2, 0.25) is 0 Å². The van der Waals surface area contributed by atoms with Gasteiger partial charge in [-0.3, -0.25) is 4.90 Å². The first-order valence-corrected chi connectivity index (χ1v) is 8.47. The summed E-state index contributed by atoms with van der Waals surface area (Å²) in [6.07, 6.45) is 2.78. The van der Waals surface area contributed by atoms with Gasteiger partial charge in [-0.25, -0.2) is 9.97 Å². The van der Waals surface area contributed by atoms with E-state index in [1.165, 1.54) is 11.4 Å². The fourth-order valence-electron chi connectivity index (χ4n) is 3.74. The van der Waals surface area contributed by atoms with Gasteiger partial charge in [0.05, 0.1) is 23.8 Å². The largest absolute Gasteiger partial charge is 0.506 e.